The molecule has 1 aromatic carbocycles. The lowest BCUT2D eigenvalue weighted by Crippen LogP contribution is -2.20. The number of benzene rings is 1. The van der Waals surface area contributed by atoms with E-state index in [1.807, 2.05) is 0 Å². The Kier molecular flexibility index (Phi) is 3.35. The quantitative estimate of drug-likeness (QED) is 0.821. The number of carbonyl (C=O) groups is 1. The summed E-state index contributed by atoms with van der Waals surface area (Å²) in [6.07, 6.45) is -3.19. The number of alkyl halides is 2. The van der Waals surface area contributed by atoms with Crippen molar-refractivity contribution in [3.63, 3.8) is 0 Å². The van der Waals surface area contributed by atoms with Crippen LogP contribution in [0, 0.1) is 5.82 Å². The fourth-order valence-electron chi connectivity index (χ4n) is 0.781. The smallest absolute Gasteiger partial charge is 0.315 e. The lowest BCUT2D eigenvalue weighted by Gasteiger charge is -2.05. The van der Waals surface area contributed by atoms with Gasteiger partial charge in [0, 0.05) is 5.02 Å². The molecule has 0 heterocycles. The molecule has 76 valence electrons. The molecule has 0 spiro atoms. The summed E-state index contributed by atoms with van der Waals surface area (Å²) in [5.41, 5.74) is -0.359. The zero-order chi connectivity index (χ0) is 10.7. The van der Waals surface area contributed by atoms with Gasteiger partial charge < -0.3 is 5.32 Å². The molecule has 0 radical (unpaired) electrons. The second kappa shape index (κ2) is 4.32. The molecule has 6 heteroatoms. The van der Waals surface area contributed by atoms with Gasteiger partial charge in [-0.2, -0.15) is 8.78 Å². The first-order valence-corrected chi connectivity index (χ1v) is 3.92. The van der Waals surface area contributed by atoms with Gasteiger partial charge in [0.15, 0.2) is 0 Å². The first-order valence-electron chi connectivity index (χ1n) is 3.55. The van der Waals surface area contributed by atoms with Crippen molar-refractivity contribution in [3.8, 4) is 0 Å². The highest BCUT2D eigenvalue weighted by Gasteiger charge is 2.16. The predicted molar refractivity (Wildman–Crippen MR) is 46.0 cm³/mol. The standard InChI is InChI=1S/C8H5ClF3NO/c9-4-1-2-5(10)6(3-4)13-8(14)7(11)12/h1-3,7H,(H,13,14). The molecule has 1 amide bonds. The molecule has 14 heavy (non-hydrogen) atoms. The van der Waals surface area contributed by atoms with Crippen LogP contribution < -0.4 is 5.32 Å². The Labute approximate surface area is 82.7 Å². The third-order valence-electron chi connectivity index (χ3n) is 1.38. The van der Waals surface area contributed by atoms with E-state index in [0.717, 1.165) is 12.1 Å². The van der Waals surface area contributed by atoms with Crippen LogP contribution in [0.4, 0.5) is 18.9 Å². The van der Waals surface area contributed by atoms with Crippen LogP contribution in [0.15, 0.2) is 18.2 Å². The van der Waals surface area contributed by atoms with Gasteiger partial charge in [0.1, 0.15) is 5.82 Å². The fourth-order valence-corrected chi connectivity index (χ4v) is 0.953. The predicted octanol–water partition coefficient (Wildman–Crippen LogP) is 2.68. The van der Waals surface area contributed by atoms with Crippen LogP contribution >= 0.6 is 11.6 Å². The van der Waals surface area contributed by atoms with Crippen molar-refractivity contribution in [2.45, 2.75) is 6.43 Å². The van der Waals surface area contributed by atoms with E-state index in [4.69, 9.17) is 11.6 Å². The molecule has 0 bridgehead atoms. The highest BCUT2D eigenvalue weighted by molar-refractivity contribution is 6.30. The minimum Gasteiger partial charge on any atom is -0.319 e. The molecule has 0 saturated carbocycles. The topological polar surface area (TPSA) is 29.1 Å². The van der Waals surface area contributed by atoms with Crippen molar-refractivity contribution in [3.05, 3.63) is 29.0 Å². The summed E-state index contributed by atoms with van der Waals surface area (Å²) in [4.78, 5) is 10.5. The Morgan fingerprint density at radius 2 is 2.07 bits per heavy atom. The van der Waals surface area contributed by atoms with E-state index in [1.54, 1.807) is 5.32 Å². The van der Waals surface area contributed by atoms with Gasteiger partial charge in [0.05, 0.1) is 5.69 Å². The Morgan fingerprint density at radius 3 is 2.64 bits per heavy atom. The molecule has 0 saturated heterocycles. The molecule has 0 unspecified atom stereocenters. The number of rotatable bonds is 2. The van der Waals surface area contributed by atoms with E-state index in [1.165, 1.54) is 6.07 Å². The second-order valence-corrected chi connectivity index (χ2v) is 2.85. The zero-order valence-corrected chi connectivity index (χ0v) is 7.49. The fraction of sp³-hybridized carbons (Fsp3) is 0.125. The number of hydrogen-bond acceptors (Lipinski definition) is 1. The number of nitrogens with one attached hydrogen (secondary N) is 1. The summed E-state index contributed by atoms with van der Waals surface area (Å²) in [5.74, 6) is -2.38. The minimum atomic E-state index is -3.19. The molecule has 0 fully saturated rings. The third kappa shape index (κ3) is 2.63. The van der Waals surface area contributed by atoms with Crippen molar-refractivity contribution in [2.24, 2.45) is 0 Å². The van der Waals surface area contributed by atoms with Gasteiger partial charge in [0.2, 0.25) is 0 Å². The normalized spacial score (nSPS) is 10.4. The van der Waals surface area contributed by atoms with Crippen molar-refractivity contribution >= 4 is 23.2 Å². The summed E-state index contributed by atoms with van der Waals surface area (Å²) in [5, 5.41) is 1.85. The van der Waals surface area contributed by atoms with Gasteiger partial charge >= 0.3 is 6.43 Å². The Bertz CT molecular complexity index is 356. The lowest BCUT2D eigenvalue weighted by atomic mass is 10.3. The van der Waals surface area contributed by atoms with Gasteiger partial charge in [-0.15, -0.1) is 0 Å². The molecule has 1 rings (SSSR count). The summed E-state index contributed by atoms with van der Waals surface area (Å²) >= 11 is 5.47. The van der Waals surface area contributed by atoms with Gasteiger partial charge in [0.25, 0.3) is 5.91 Å². The number of halogens is 4. The van der Waals surface area contributed by atoms with Crippen molar-refractivity contribution < 1.29 is 18.0 Å². The summed E-state index contributed by atoms with van der Waals surface area (Å²) in [7, 11) is 0. The number of carbonyl (C=O) groups excluding carboxylic acids is 1. The van der Waals surface area contributed by atoms with E-state index < -0.39 is 18.1 Å². The van der Waals surface area contributed by atoms with Crippen molar-refractivity contribution in [2.75, 3.05) is 5.32 Å². The average Bonchev–Trinajstić information content (AvgIpc) is 2.11. The Balaban J connectivity index is 2.86. The first kappa shape index (κ1) is 10.8. The molecule has 0 aliphatic rings. The molecule has 0 aliphatic carbocycles. The summed E-state index contributed by atoms with van der Waals surface area (Å²) < 4.78 is 36.4. The highest BCUT2D eigenvalue weighted by atomic mass is 35.5. The Morgan fingerprint density at radius 1 is 1.43 bits per heavy atom. The van der Waals surface area contributed by atoms with Gasteiger partial charge in [-0.1, -0.05) is 11.6 Å². The monoisotopic (exact) mass is 223 g/mol. The Hall–Kier alpha value is -1.23. The maximum atomic E-state index is 12.9. The molecule has 1 aromatic rings. The number of hydrogen-bond donors (Lipinski definition) is 1. The molecule has 0 aromatic heterocycles. The highest BCUT2D eigenvalue weighted by Crippen LogP contribution is 2.19. The van der Waals surface area contributed by atoms with Crippen LogP contribution in [0.1, 0.15) is 0 Å². The minimum absolute atomic E-state index is 0.149. The van der Waals surface area contributed by atoms with E-state index in [-0.39, 0.29) is 10.7 Å². The van der Waals surface area contributed by atoms with E-state index >= 15 is 0 Å². The number of anilines is 1. The van der Waals surface area contributed by atoms with Crippen LogP contribution in [0.2, 0.25) is 5.02 Å². The molecular weight excluding hydrogens is 219 g/mol. The van der Waals surface area contributed by atoms with Crippen LogP contribution in [-0.4, -0.2) is 12.3 Å². The largest absolute Gasteiger partial charge is 0.319 e. The summed E-state index contributed by atoms with van der Waals surface area (Å²) in [6.45, 7) is 0. The van der Waals surface area contributed by atoms with Crippen LogP contribution in [0.25, 0.3) is 0 Å². The zero-order valence-electron chi connectivity index (χ0n) is 6.73. The number of amides is 1. The SMILES string of the molecule is O=C(Nc1cc(Cl)ccc1F)C(F)F. The average molecular weight is 224 g/mol. The molecule has 0 aliphatic heterocycles. The van der Waals surface area contributed by atoms with Crippen molar-refractivity contribution in [1.29, 1.82) is 0 Å². The first-order chi connectivity index (χ1) is 6.50. The second-order valence-electron chi connectivity index (χ2n) is 2.41. The third-order valence-corrected chi connectivity index (χ3v) is 1.62. The van der Waals surface area contributed by atoms with E-state index in [9.17, 15) is 18.0 Å². The molecule has 2 nitrogen and oxygen atoms in total. The van der Waals surface area contributed by atoms with Gasteiger partial charge in [-0.3, -0.25) is 4.79 Å². The maximum Gasteiger partial charge on any atom is 0.315 e. The van der Waals surface area contributed by atoms with Gasteiger partial charge in [-0.05, 0) is 18.2 Å². The molecule has 1 N–H and O–H groups in total. The van der Waals surface area contributed by atoms with Crippen LogP contribution in [0.5, 0.6) is 0 Å². The van der Waals surface area contributed by atoms with Crippen LogP contribution in [0.3, 0.4) is 0 Å². The summed E-state index contributed by atoms with van der Waals surface area (Å²) in [6, 6.07) is 3.27. The van der Waals surface area contributed by atoms with Crippen molar-refractivity contribution in [1.82, 2.24) is 0 Å². The van der Waals surface area contributed by atoms with E-state index in [2.05, 4.69) is 0 Å². The van der Waals surface area contributed by atoms with Crippen LogP contribution in [-0.2, 0) is 4.79 Å². The molecular formula is C8H5ClF3NO. The maximum absolute atomic E-state index is 12.9. The van der Waals surface area contributed by atoms with E-state index in [0.29, 0.717) is 0 Å². The van der Waals surface area contributed by atoms with Gasteiger partial charge in [-0.25, -0.2) is 4.39 Å². The lowest BCUT2D eigenvalue weighted by molar-refractivity contribution is -0.126. The molecule has 0 atom stereocenters.